The van der Waals surface area contributed by atoms with E-state index in [1.165, 1.54) is 6.20 Å². The second-order valence-corrected chi connectivity index (χ2v) is 6.52. The number of nitrogens with one attached hydrogen (secondary N) is 2. The maximum absolute atomic E-state index is 12.3. The molecule has 1 aromatic rings. The quantitative estimate of drug-likeness (QED) is 0.794. The van der Waals surface area contributed by atoms with Gasteiger partial charge in [0.1, 0.15) is 4.90 Å². The van der Waals surface area contributed by atoms with Crippen LogP contribution in [0.3, 0.4) is 0 Å². The number of ether oxygens (including phenoxy) is 1. The summed E-state index contributed by atoms with van der Waals surface area (Å²) in [6.45, 7) is 3.77. The first-order valence-corrected chi connectivity index (χ1v) is 8.41. The lowest BCUT2D eigenvalue weighted by molar-refractivity contribution is 0.114. The molecule has 1 atom stereocenters. The van der Waals surface area contributed by atoms with Gasteiger partial charge in [0, 0.05) is 32.1 Å². The van der Waals surface area contributed by atoms with Crippen molar-refractivity contribution in [3.05, 3.63) is 18.5 Å². The first kappa shape index (κ1) is 15.2. The zero-order valence-corrected chi connectivity index (χ0v) is 12.4. The van der Waals surface area contributed by atoms with Crippen LogP contribution in [0.15, 0.2) is 23.4 Å². The summed E-state index contributed by atoms with van der Waals surface area (Å²) < 4.78 is 32.7. The van der Waals surface area contributed by atoms with Crippen LogP contribution in [-0.4, -0.2) is 39.2 Å². The lowest BCUT2D eigenvalue weighted by Crippen LogP contribution is -2.32. The highest BCUT2D eigenvalue weighted by atomic mass is 32.2. The SMILES string of the molecule is CCCNc1ccncc1S(=O)(=O)NCC1CCCO1. The van der Waals surface area contributed by atoms with Crippen molar-refractivity contribution in [2.24, 2.45) is 0 Å². The second kappa shape index (κ2) is 7.01. The van der Waals surface area contributed by atoms with Gasteiger partial charge in [-0.25, -0.2) is 13.1 Å². The minimum Gasteiger partial charge on any atom is -0.384 e. The average Bonchev–Trinajstić information content (AvgIpc) is 2.97. The Kier molecular flexibility index (Phi) is 5.33. The van der Waals surface area contributed by atoms with Crippen molar-refractivity contribution >= 4 is 15.7 Å². The largest absolute Gasteiger partial charge is 0.384 e. The Balaban J connectivity index is 2.07. The molecule has 1 fully saturated rings. The van der Waals surface area contributed by atoms with Gasteiger partial charge in [0.15, 0.2) is 0 Å². The highest BCUT2D eigenvalue weighted by Crippen LogP contribution is 2.20. The predicted molar refractivity (Wildman–Crippen MR) is 77.2 cm³/mol. The Bertz CT molecular complexity index is 527. The molecule has 0 aromatic carbocycles. The number of anilines is 1. The first-order valence-electron chi connectivity index (χ1n) is 6.92. The number of rotatable bonds is 7. The zero-order valence-electron chi connectivity index (χ0n) is 11.6. The number of sulfonamides is 1. The van der Waals surface area contributed by atoms with Crippen LogP contribution in [-0.2, 0) is 14.8 Å². The minimum absolute atomic E-state index is 0.0199. The Labute approximate surface area is 120 Å². The molecular weight excluding hydrogens is 278 g/mol. The molecule has 2 heterocycles. The molecule has 2 N–H and O–H groups in total. The van der Waals surface area contributed by atoms with Gasteiger partial charge in [0.2, 0.25) is 10.0 Å². The highest BCUT2D eigenvalue weighted by Gasteiger charge is 2.22. The summed E-state index contributed by atoms with van der Waals surface area (Å²) >= 11 is 0. The van der Waals surface area contributed by atoms with Gasteiger partial charge in [-0.15, -0.1) is 0 Å². The molecule has 0 radical (unpaired) electrons. The summed E-state index contributed by atoms with van der Waals surface area (Å²) in [6.07, 6.45) is 5.74. The molecule has 6 nitrogen and oxygen atoms in total. The zero-order chi connectivity index (χ0) is 14.4. The van der Waals surface area contributed by atoms with E-state index in [2.05, 4.69) is 15.0 Å². The van der Waals surface area contributed by atoms with Crippen LogP contribution in [0.2, 0.25) is 0 Å². The molecule has 1 aromatic heterocycles. The van der Waals surface area contributed by atoms with E-state index in [1.807, 2.05) is 6.92 Å². The molecule has 2 rings (SSSR count). The molecule has 1 aliphatic heterocycles. The second-order valence-electron chi connectivity index (χ2n) is 4.79. The molecule has 20 heavy (non-hydrogen) atoms. The molecule has 0 bridgehead atoms. The number of hydrogen-bond donors (Lipinski definition) is 2. The third-order valence-corrected chi connectivity index (χ3v) is 4.62. The Morgan fingerprint density at radius 2 is 2.35 bits per heavy atom. The monoisotopic (exact) mass is 299 g/mol. The van der Waals surface area contributed by atoms with Gasteiger partial charge in [0.05, 0.1) is 11.8 Å². The summed E-state index contributed by atoms with van der Waals surface area (Å²) in [5, 5.41) is 3.11. The van der Waals surface area contributed by atoms with E-state index in [0.29, 0.717) is 18.8 Å². The highest BCUT2D eigenvalue weighted by molar-refractivity contribution is 7.89. The lowest BCUT2D eigenvalue weighted by Gasteiger charge is -2.14. The summed E-state index contributed by atoms with van der Waals surface area (Å²) in [5.74, 6) is 0. The molecule has 112 valence electrons. The van der Waals surface area contributed by atoms with Gasteiger partial charge in [-0.05, 0) is 25.3 Å². The van der Waals surface area contributed by atoms with Gasteiger partial charge in [-0.2, -0.15) is 0 Å². The summed E-state index contributed by atoms with van der Waals surface area (Å²) in [4.78, 5) is 4.10. The first-order chi connectivity index (χ1) is 9.63. The van der Waals surface area contributed by atoms with Gasteiger partial charge < -0.3 is 10.1 Å². The fourth-order valence-corrected chi connectivity index (χ4v) is 3.28. The topological polar surface area (TPSA) is 80.3 Å². The smallest absolute Gasteiger partial charge is 0.244 e. The average molecular weight is 299 g/mol. The molecule has 0 amide bonds. The predicted octanol–water partition coefficient (Wildman–Crippen LogP) is 1.36. The molecule has 0 saturated carbocycles. The van der Waals surface area contributed by atoms with E-state index in [0.717, 1.165) is 25.8 Å². The van der Waals surface area contributed by atoms with Crippen molar-refractivity contribution in [3.63, 3.8) is 0 Å². The van der Waals surface area contributed by atoms with Crippen molar-refractivity contribution in [3.8, 4) is 0 Å². The Hall–Kier alpha value is -1.18. The summed E-state index contributed by atoms with van der Waals surface area (Å²) in [6, 6.07) is 1.68. The third kappa shape index (κ3) is 3.91. The van der Waals surface area contributed by atoms with Crippen LogP contribution in [0.1, 0.15) is 26.2 Å². The normalized spacial score (nSPS) is 19.1. The van der Waals surface area contributed by atoms with Crippen molar-refractivity contribution in [2.75, 3.05) is 25.0 Å². The van der Waals surface area contributed by atoms with Crippen LogP contribution < -0.4 is 10.0 Å². The third-order valence-electron chi connectivity index (χ3n) is 3.16. The molecule has 1 saturated heterocycles. The van der Waals surface area contributed by atoms with E-state index in [4.69, 9.17) is 4.74 Å². The van der Waals surface area contributed by atoms with Crippen LogP contribution in [0.25, 0.3) is 0 Å². The van der Waals surface area contributed by atoms with Crippen LogP contribution in [0.5, 0.6) is 0 Å². The summed E-state index contributed by atoms with van der Waals surface area (Å²) in [5.41, 5.74) is 0.585. The Morgan fingerprint density at radius 3 is 3.05 bits per heavy atom. The van der Waals surface area contributed by atoms with Gasteiger partial charge in [0.25, 0.3) is 0 Å². The molecule has 0 aliphatic carbocycles. The van der Waals surface area contributed by atoms with Crippen molar-refractivity contribution in [1.82, 2.24) is 9.71 Å². The molecule has 1 aliphatic rings. The molecule has 0 spiro atoms. The number of nitrogens with zero attached hydrogens (tertiary/aromatic N) is 1. The van der Waals surface area contributed by atoms with Crippen molar-refractivity contribution in [2.45, 2.75) is 37.2 Å². The van der Waals surface area contributed by atoms with Gasteiger partial charge in [-0.3, -0.25) is 4.98 Å². The van der Waals surface area contributed by atoms with E-state index in [-0.39, 0.29) is 11.0 Å². The molecule has 1 unspecified atom stereocenters. The fourth-order valence-electron chi connectivity index (χ4n) is 2.09. The van der Waals surface area contributed by atoms with E-state index in [1.54, 1.807) is 12.3 Å². The Morgan fingerprint density at radius 1 is 1.50 bits per heavy atom. The van der Waals surface area contributed by atoms with Gasteiger partial charge >= 0.3 is 0 Å². The molecule has 7 heteroatoms. The van der Waals surface area contributed by atoms with E-state index in [9.17, 15) is 8.42 Å². The maximum atomic E-state index is 12.3. The van der Waals surface area contributed by atoms with Gasteiger partial charge in [-0.1, -0.05) is 6.92 Å². The number of aromatic nitrogens is 1. The number of hydrogen-bond acceptors (Lipinski definition) is 5. The van der Waals surface area contributed by atoms with E-state index >= 15 is 0 Å². The lowest BCUT2D eigenvalue weighted by atomic mass is 10.2. The van der Waals surface area contributed by atoms with Crippen LogP contribution in [0.4, 0.5) is 5.69 Å². The van der Waals surface area contributed by atoms with Crippen LogP contribution in [0, 0.1) is 0 Å². The standard InChI is InChI=1S/C13H21N3O3S/c1-2-6-15-12-5-7-14-10-13(12)20(17,18)16-9-11-4-3-8-19-11/h5,7,10-11,16H,2-4,6,8-9H2,1H3,(H,14,15). The number of pyridine rings is 1. The molecular formula is C13H21N3O3S. The van der Waals surface area contributed by atoms with Crippen LogP contribution >= 0.6 is 0 Å². The summed E-state index contributed by atoms with van der Waals surface area (Å²) in [7, 11) is -3.56. The fraction of sp³-hybridized carbons (Fsp3) is 0.615. The maximum Gasteiger partial charge on any atom is 0.244 e. The van der Waals surface area contributed by atoms with E-state index < -0.39 is 10.0 Å². The van der Waals surface area contributed by atoms with Crippen molar-refractivity contribution in [1.29, 1.82) is 0 Å². The minimum atomic E-state index is -3.56. The van der Waals surface area contributed by atoms with Crippen molar-refractivity contribution < 1.29 is 13.2 Å².